The molecule has 1 fully saturated rings. The van der Waals surface area contributed by atoms with Crippen LogP contribution in [0, 0.1) is 5.92 Å². The van der Waals surface area contributed by atoms with E-state index >= 15 is 0 Å². The maximum Gasteiger partial charge on any atom is 0.226 e. The SMILES string of the molecule is CC(C)C(=O)Nc1ccccc1NC1CCCOC1. The largest absolute Gasteiger partial charge is 0.379 e. The highest BCUT2D eigenvalue weighted by Gasteiger charge is 2.16. The van der Waals surface area contributed by atoms with Crippen molar-refractivity contribution in [2.75, 3.05) is 23.8 Å². The van der Waals surface area contributed by atoms with Gasteiger partial charge < -0.3 is 15.4 Å². The number of hydrogen-bond acceptors (Lipinski definition) is 3. The predicted molar refractivity (Wildman–Crippen MR) is 77.4 cm³/mol. The van der Waals surface area contributed by atoms with Crippen LogP contribution >= 0.6 is 0 Å². The Hall–Kier alpha value is -1.55. The highest BCUT2D eigenvalue weighted by atomic mass is 16.5. The predicted octanol–water partition coefficient (Wildman–Crippen LogP) is 2.87. The van der Waals surface area contributed by atoms with E-state index in [4.69, 9.17) is 4.74 Å². The maximum absolute atomic E-state index is 11.8. The molecule has 1 aromatic carbocycles. The van der Waals surface area contributed by atoms with Crippen LogP contribution in [0.25, 0.3) is 0 Å². The number of amides is 1. The van der Waals surface area contributed by atoms with Gasteiger partial charge in [0.05, 0.1) is 18.0 Å². The van der Waals surface area contributed by atoms with Crippen LogP contribution in [0.1, 0.15) is 26.7 Å². The van der Waals surface area contributed by atoms with Crippen molar-refractivity contribution in [1.82, 2.24) is 0 Å². The summed E-state index contributed by atoms with van der Waals surface area (Å²) >= 11 is 0. The average Bonchev–Trinajstić information content (AvgIpc) is 2.42. The molecule has 1 amide bonds. The minimum atomic E-state index is -0.0222. The van der Waals surface area contributed by atoms with Gasteiger partial charge in [0.15, 0.2) is 0 Å². The number of para-hydroxylation sites is 2. The first-order valence-corrected chi connectivity index (χ1v) is 6.91. The summed E-state index contributed by atoms with van der Waals surface area (Å²) in [4.78, 5) is 11.8. The number of nitrogens with one attached hydrogen (secondary N) is 2. The number of ether oxygens (including phenoxy) is 1. The Labute approximate surface area is 114 Å². The minimum Gasteiger partial charge on any atom is -0.379 e. The van der Waals surface area contributed by atoms with Crippen LogP contribution in [-0.4, -0.2) is 25.2 Å². The summed E-state index contributed by atoms with van der Waals surface area (Å²) in [5.74, 6) is 0.0141. The van der Waals surface area contributed by atoms with Crippen molar-refractivity contribution >= 4 is 17.3 Å². The van der Waals surface area contributed by atoms with Gasteiger partial charge in [-0.3, -0.25) is 4.79 Å². The van der Waals surface area contributed by atoms with E-state index in [0.717, 1.165) is 37.4 Å². The molecule has 19 heavy (non-hydrogen) atoms. The summed E-state index contributed by atoms with van der Waals surface area (Å²) in [5, 5.41) is 6.41. The molecule has 1 aliphatic heterocycles. The zero-order valence-corrected chi connectivity index (χ0v) is 11.6. The van der Waals surface area contributed by atoms with E-state index in [0.29, 0.717) is 6.04 Å². The summed E-state index contributed by atoms with van der Waals surface area (Å²) in [6, 6.07) is 8.14. The lowest BCUT2D eigenvalue weighted by molar-refractivity contribution is -0.118. The quantitative estimate of drug-likeness (QED) is 0.877. The molecule has 1 saturated heterocycles. The molecule has 4 heteroatoms. The van der Waals surface area contributed by atoms with Crippen molar-refractivity contribution in [3.05, 3.63) is 24.3 Å². The fraction of sp³-hybridized carbons (Fsp3) is 0.533. The van der Waals surface area contributed by atoms with E-state index in [1.807, 2.05) is 38.1 Å². The topological polar surface area (TPSA) is 50.4 Å². The Kier molecular flexibility index (Phi) is 4.80. The fourth-order valence-corrected chi connectivity index (χ4v) is 2.07. The van der Waals surface area contributed by atoms with Gasteiger partial charge in [0.25, 0.3) is 0 Å². The molecular formula is C15H22N2O2. The lowest BCUT2D eigenvalue weighted by Crippen LogP contribution is -2.30. The molecule has 1 heterocycles. The van der Waals surface area contributed by atoms with Crippen molar-refractivity contribution < 1.29 is 9.53 Å². The van der Waals surface area contributed by atoms with Gasteiger partial charge in [-0.25, -0.2) is 0 Å². The zero-order valence-electron chi connectivity index (χ0n) is 11.6. The normalized spacial score (nSPS) is 19.2. The summed E-state index contributed by atoms with van der Waals surface area (Å²) in [5.41, 5.74) is 1.80. The van der Waals surface area contributed by atoms with Crippen LogP contribution in [0.15, 0.2) is 24.3 Å². The van der Waals surface area contributed by atoms with Crippen molar-refractivity contribution in [1.29, 1.82) is 0 Å². The average molecular weight is 262 g/mol. The number of rotatable bonds is 4. The molecule has 0 bridgehead atoms. The third-order valence-corrected chi connectivity index (χ3v) is 3.23. The first-order valence-electron chi connectivity index (χ1n) is 6.91. The number of carbonyl (C=O) groups excluding carboxylic acids is 1. The van der Waals surface area contributed by atoms with Gasteiger partial charge in [-0.05, 0) is 25.0 Å². The van der Waals surface area contributed by atoms with Crippen molar-refractivity contribution in [2.24, 2.45) is 5.92 Å². The first-order chi connectivity index (χ1) is 9.16. The standard InChI is InChI=1S/C15H22N2O2/c1-11(2)15(18)17-14-8-4-3-7-13(14)16-12-6-5-9-19-10-12/h3-4,7-8,11-12,16H,5-6,9-10H2,1-2H3,(H,17,18). The summed E-state index contributed by atoms with van der Waals surface area (Å²) in [6.07, 6.45) is 2.19. The molecule has 0 spiro atoms. The highest BCUT2D eigenvalue weighted by Crippen LogP contribution is 2.24. The van der Waals surface area contributed by atoms with E-state index in [-0.39, 0.29) is 11.8 Å². The van der Waals surface area contributed by atoms with Crippen molar-refractivity contribution in [3.63, 3.8) is 0 Å². The summed E-state index contributed by atoms with van der Waals surface area (Å²) in [6.45, 7) is 5.36. The molecule has 0 aromatic heterocycles. The Bertz CT molecular complexity index is 426. The van der Waals surface area contributed by atoms with Crippen LogP contribution in [0.5, 0.6) is 0 Å². The Morgan fingerprint density at radius 1 is 1.32 bits per heavy atom. The van der Waals surface area contributed by atoms with Crippen LogP contribution in [0.3, 0.4) is 0 Å². The second-order valence-electron chi connectivity index (χ2n) is 5.25. The number of carbonyl (C=O) groups is 1. The van der Waals surface area contributed by atoms with Gasteiger partial charge >= 0.3 is 0 Å². The number of benzene rings is 1. The van der Waals surface area contributed by atoms with Crippen LogP contribution < -0.4 is 10.6 Å². The van der Waals surface area contributed by atoms with Gasteiger partial charge in [-0.15, -0.1) is 0 Å². The minimum absolute atomic E-state index is 0.0222. The van der Waals surface area contributed by atoms with Crippen LogP contribution in [-0.2, 0) is 9.53 Å². The molecule has 1 atom stereocenters. The Morgan fingerprint density at radius 2 is 2.05 bits per heavy atom. The molecule has 104 valence electrons. The Morgan fingerprint density at radius 3 is 2.68 bits per heavy atom. The summed E-state index contributed by atoms with van der Waals surface area (Å²) in [7, 11) is 0. The molecular weight excluding hydrogens is 240 g/mol. The first kappa shape index (κ1) is 13.9. The van der Waals surface area contributed by atoms with Gasteiger partial charge in [-0.1, -0.05) is 26.0 Å². The second kappa shape index (κ2) is 6.57. The monoisotopic (exact) mass is 262 g/mol. The maximum atomic E-state index is 11.8. The summed E-state index contributed by atoms with van der Waals surface area (Å²) < 4.78 is 5.46. The van der Waals surface area contributed by atoms with E-state index in [9.17, 15) is 4.79 Å². The fourth-order valence-electron chi connectivity index (χ4n) is 2.07. The van der Waals surface area contributed by atoms with E-state index in [1.165, 1.54) is 0 Å². The molecule has 0 radical (unpaired) electrons. The molecule has 1 aromatic rings. The molecule has 4 nitrogen and oxygen atoms in total. The molecule has 0 saturated carbocycles. The van der Waals surface area contributed by atoms with Gasteiger partial charge in [0, 0.05) is 18.6 Å². The lowest BCUT2D eigenvalue weighted by atomic mass is 10.1. The molecule has 2 N–H and O–H groups in total. The smallest absolute Gasteiger partial charge is 0.226 e. The van der Waals surface area contributed by atoms with E-state index in [1.54, 1.807) is 0 Å². The number of hydrogen-bond donors (Lipinski definition) is 2. The molecule has 1 unspecified atom stereocenters. The Balaban J connectivity index is 2.05. The van der Waals surface area contributed by atoms with E-state index in [2.05, 4.69) is 10.6 Å². The second-order valence-corrected chi connectivity index (χ2v) is 5.25. The lowest BCUT2D eigenvalue weighted by Gasteiger charge is -2.25. The molecule has 0 aliphatic carbocycles. The van der Waals surface area contributed by atoms with Gasteiger partial charge in [0.1, 0.15) is 0 Å². The zero-order chi connectivity index (χ0) is 13.7. The van der Waals surface area contributed by atoms with E-state index < -0.39 is 0 Å². The molecule has 1 aliphatic rings. The number of anilines is 2. The van der Waals surface area contributed by atoms with Crippen molar-refractivity contribution in [2.45, 2.75) is 32.7 Å². The highest BCUT2D eigenvalue weighted by molar-refractivity contribution is 5.95. The van der Waals surface area contributed by atoms with Gasteiger partial charge in [0.2, 0.25) is 5.91 Å². The van der Waals surface area contributed by atoms with Gasteiger partial charge in [-0.2, -0.15) is 0 Å². The van der Waals surface area contributed by atoms with Crippen LogP contribution in [0.2, 0.25) is 0 Å². The molecule has 2 rings (SSSR count). The third kappa shape index (κ3) is 3.96. The van der Waals surface area contributed by atoms with Crippen molar-refractivity contribution in [3.8, 4) is 0 Å². The van der Waals surface area contributed by atoms with Crippen LogP contribution in [0.4, 0.5) is 11.4 Å². The third-order valence-electron chi connectivity index (χ3n) is 3.23.